The van der Waals surface area contributed by atoms with Crippen LogP contribution in [0.5, 0.6) is 5.75 Å². The second-order valence-electron chi connectivity index (χ2n) is 4.69. The molecule has 1 unspecified atom stereocenters. The van der Waals surface area contributed by atoms with Gasteiger partial charge in [-0.05, 0) is 29.3 Å². The molecule has 0 heterocycles. The van der Waals surface area contributed by atoms with E-state index in [1.54, 1.807) is 18.2 Å². The minimum atomic E-state index is -0.304. The molecule has 0 aromatic heterocycles. The summed E-state index contributed by atoms with van der Waals surface area (Å²) in [6, 6.07) is 7.18. The van der Waals surface area contributed by atoms with Crippen LogP contribution >= 0.6 is 0 Å². The van der Waals surface area contributed by atoms with Crippen molar-refractivity contribution in [2.45, 2.75) is 11.8 Å². The van der Waals surface area contributed by atoms with Gasteiger partial charge >= 0.3 is 0 Å². The summed E-state index contributed by atoms with van der Waals surface area (Å²) in [5, 5.41) is 19.2. The van der Waals surface area contributed by atoms with Crippen LogP contribution in [0, 0.1) is 0 Å². The third-order valence-electron chi connectivity index (χ3n) is 3.58. The molecule has 1 aromatic rings. The van der Waals surface area contributed by atoms with Gasteiger partial charge in [-0.15, -0.1) is 0 Å². The van der Waals surface area contributed by atoms with E-state index in [0.717, 1.165) is 11.1 Å². The molecular formula is C16H14O2. The van der Waals surface area contributed by atoms with E-state index in [0.29, 0.717) is 12.2 Å². The summed E-state index contributed by atoms with van der Waals surface area (Å²) in [6.07, 6.45) is 12.4. The Morgan fingerprint density at radius 1 is 0.944 bits per heavy atom. The van der Waals surface area contributed by atoms with Crippen molar-refractivity contribution >= 4 is 0 Å². The molecule has 90 valence electrons. The zero-order chi connectivity index (χ0) is 12.6. The van der Waals surface area contributed by atoms with Crippen molar-refractivity contribution in [3.8, 4) is 5.75 Å². The maximum absolute atomic E-state index is 9.84. The monoisotopic (exact) mass is 238 g/mol. The molecule has 0 aliphatic heterocycles. The van der Waals surface area contributed by atoms with Crippen molar-refractivity contribution in [2.75, 3.05) is 0 Å². The zero-order valence-electron chi connectivity index (χ0n) is 9.88. The Bertz CT molecular complexity index is 588. The van der Waals surface area contributed by atoms with Crippen molar-refractivity contribution in [1.82, 2.24) is 0 Å². The Hall–Kier alpha value is -2.22. The number of rotatable bonds is 1. The van der Waals surface area contributed by atoms with Crippen LogP contribution in [-0.4, -0.2) is 10.2 Å². The third-order valence-corrected chi connectivity index (χ3v) is 3.58. The van der Waals surface area contributed by atoms with Crippen molar-refractivity contribution in [3.05, 3.63) is 77.6 Å². The molecule has 2 aliphatic carbocycles. The van der Waals surface area contributed by atoms with Crippen LogP contribution in [0.25, 0.3) is 0 Å². The van der Waals surface area contributed by atoms with E-state index in [1.165, 1.54) is 0 Å². The van der Waals surface area contributed by atoms with E-state index < -0.39 is 0 Å². The number of aliphatic hydroxyl groups excluding tert-OH is 1. The molecule has 0 bridgehead atoms. The standard InChI is InChI=1S/C16H14O2/c17-14-7-4-13(5-8-14)16-10-2-1-3-12(16)6-9-15(18)11-16/h1-10,17-18H,11H2. The lowest BCUT2D eigenvalue weighted by molar-refractivity contribution is 0.359. The fourth-order valence-electron chi connectivity index (χ4n) is 2.64. The molecule has 2 nitrogen and oxygen atoms in total. The topological polar surface area (TPSA) is 40.5 Å². The highest BCUT2D eigenvalue weighted by molar-refractivity contribution is 5.55. The number of hydrogen-bond donors (Lipinski definition) is 2. The summed E-state index contributed by atoms with van der Waals surface area (Å²) >= 11 is 0. The van der Waals surface area contributed by atoms with Gasteiger partial charge in [-0.25, -0.2) is 0 Å². The summed E-state index contributed by atoms with van der Waals surface area (Å²) in [5.74, 6) is 0.637. The van der Waals surface area contributed by atoms with Gasteiger partial charge < -0.3 is 10.2 Å². The fourth-order valence-corrected chi connectivity index (χ4v) is 2.64. The number of aliphatic hydroxyl groups is 1. The number of hydrogen-bond acceptors (Lipinski definition) is 2. The summed E-state index contributed by atoms with van der Waals surface area (Å²) in [7, 11) is 0. The summed E-state index contributed by atoms with van der Waals surface area (Å²) in [5.41, 5.74) is 1.93. The minimum Gasteiger partial charge on any atom is -0.512 e. The average molecular weight is 238 g/mol. The molecule has 2 aliphatic rings. The minimum absolute atomic E-state index is 0.256. The molecule has 3 rings (SSSR count). The largest absolute Gasteiger partial charge is 0.512 e. The first-order valence-electron chi connectivity index (χ1n) is 5.96. The number of phenols is 1. The predicted octanol–water partition coefficient (Wildman–Crippen LogP) is 3.53. The van der Waals surface area contributed by atoms with Gasteiger partial charge in [-0.3, -0.25) is 0 Å². The van der Waals surface area contributed by atoms with Crippen molar-refractivity contribution in [1.29, 1.82) is 0 Å². The van der Waals surface area contributed by atoms with Crippen LogP contribution in [0.1, 0.15) is 12.0 Å². The van der Waals surface area contributed by atoms with Gasteiger partial charge in [0.25, 0.3) is 0 Å². The third kappa shape index (κ3) is 1.58. The lowest BCUT2D eigenvalue weighted by Gasteiger charge is -2.36. The second kappa shape index (κ2) is 3.91. The van der Waals surface area contributed by atoms with E-state index in [4.69, 9.17) is 0 Å². The van der Waals surface area contributed by atoms with Gasteiger partial charge in [-0.1, -0.05) is 42.5 Å². The van der Waals surface area contributed by atoms with Gasteiger partial charge in [-0.2, -0.15) is 0 Å². The zero-order valence-corrected chi connectivity index (χ0v) is 9.88. The van der Waals surface area contributed by atoms with Crippen LogP contribution in [0.3, 0.4) is 0 Å². The van der Waals surface area contributed by atoms with Crippen LogP contribution in [0.15, 0.2) is 72.1 Å². The van der Waals surface area contributed by atoms with Crippen LogP contribution in [0.2, 0.25) is 0 Å². The maximum atomic E-state index is 9.84. The van der Waals surface area contributed by atoms with Gasteiger partial charge in [0, 0.05) is 11.8 Å². The quantitative estimate of drug-likeness (QED) is 0.785. The SMILES string of the molecule is OC1=CC=C2C=CC=CC2(c2ccc(O)cc2)C1. The first kappa shape index (κ1) is 10.9. The maximum Gasteiger partial charge on any atom is 0.115 e. The Kier molecular flexibility index (Phi) is 2.37. The molecule has 1 atom stereocenters. The molecule has 2 heteroatoms. The first-order valence-corrected chi connectivity index (χ1v) is 5.96. The van der Waals surface area contributed by atoms with Gasteiger partial charge in [0.2, 0.25) is 0 Å². The van der Waals surface area contributed by atoms with Crippen LogP contribution < -0.4 is 0 Å². The predicted molar refractivity (Wildman–Crippen MR) is 71.5 cm³/mol. The summed E-state index contributed by atoms with van der Waals surface area (Å²) < 4.78 is 0. The second-order valence-corrected chi connectivity index (χ2v) is 4.69. The lowest BCUT2D eigenvalue weighted by atomic mass is 9.67. The van der Waals surface area contributed by atoms with Crippen LogP contribution in [-0.2, 0) is 5.41 Å². The van der Waals surface area contributed by atoms with E-state index in [2.05, 4.69) is 12.2 Å². The molecule has 0 spiro atoms. The fraction of sp³-hybridized carbons (Fsp3) is 0.125. The summed E-state index contributed by atoms with van der Waals surface area (Å²) in [4.78, 5) is 0. The number of fused-ring (bicyclic) bond motifs is 1. The number of benzene rings is 1. The van der Waals surface area contributed by atoms with Gasteiger partial charge in [0.1, 0.15) is 5.75 Å². The van der Waals surface area contributed by atoms with Crippen molar-refractivity contribution < 1.29 is 10.2 Å². The lowest BCUT2D eigenvalue weighted by Crippen LogP contribution is -2.29. The van der Waals surface area contributed by atoms with Crippen LogP contribution in [0.4, 0.5) is 0 Å². The molecule has 0 amide bonds. The Labute approximate surface area is 106 Å². The Morgan fingerprint density at radius 2 is 1.72 bits per heavy atom. The highest BCUT2D eigenvalue weighted by atomic mass is 16.3. The molecule has 2 N–H and O–H groups in total. The highest BCUT2D eigenvalue weighted by Crippen LogP contribution is 2.44. The molecule has 0 radical (unpaired) electrons. The molecule has 1 aromatic carbocycles. The van der Waals surface area contributed by atoms with Crippen molar-refractivity contribution in [3.63, 3.8) is 0 Å². The molecule has 0 fully saturated rings. The van der Waals surface area contributed by atoms with E-state index >= 15 is 0 Å². The molecule has 18 heavy (non-hydrogen) atoms. The summed E-state index contributed by atoms with van der Waals surface area (Å²) in [6.45, 7) is 0. The average Bonchev–Trinajstić information content (AvgIpc) is 2.39. The Balaban J connectivity index is 2.15. The highest BCUT2D eigenvalue weighted by Gasteiger charge is 2.36. The normalized spacial score (nSPS) is 25.3. The molecular weight excluding hydrogens is 224 g/mol. The number of allylic oxidation sites excluding steroid dienone is 8. The Morgan fingerprint density at radius 3 is 2.50 bits per heavy atom. The van der Waals surface area contributed by atoms with Gasteiger partial charge in [0.15, 0.2) is 0 Å². The van der Waals surface area contributed by atoms with Crippen molar-refractivity contribution in [2.24, 2.45) is 0 Å². The number of phenolic OH excluding ortho intramolecular Hbond substituents is 1. The van der Waals surface area contributed by atoms with Gasteiger partial charge in [0.05, 0.1) is 5.76 Å². The van der Waals surface area contributed by atoms with E-state index in [9.17, 15) is 10.2 Å². The first-order chi connectivity index (χ1) is 8.71. The van der Waals surface area contributed by atoms with E-state index in [-0.39, 0.29) is 11.2 Å². The smallest absolute Gasteiger partial charge is 0.115 e. The molecule has 0 saturated heterocycles. The molecule has 0 saturated carbocycles. The number of aromatic hydroxyl groups is 1. The van der Waals surface area contributed by atoms with E-state index in [1.807, 2.05) is 30.4 Å².